The Kier molecular flexibility index (Phi) is 6.92. The van der Waals surface area contributed by atoms with Gasteiger partial charge in [0.15, 0.2) is 0 Å². The third kappa shape index (κ3) is 5.69. The molecule has 1 heterocycles. The number of amides is 2. The summed E-state index contributed by atoms with van der Waals surface area (Å²) in [7, 11) is 0. The van der Waals surface area contributed by atoms with E-state index in [4.69, 9.17) is 9.84 Å². The van der Waals surface area contributed by atoms with Crippen molar-refractivity contribution in [3.05, 3.63) is 71.4 Å². The molecule has 6 heteroatoms. The molecule has 1 N–H and O–H groups in total. The largest absolute Gasteiger partial charge is 0.439 e. The van der Waals surface area contributed by atoms with E-state index in [0.29, 0.717) is 12.4 Å². The predicted octanol–water partition coefficient (Wildman–Crippen LogP) is 6.00. The minimum Gasteiger partial charge on any atom is -0.439 e. The lowest BCUT2D eigenvalue weighted by Gasteiger charge is -2.31. The van der Waals surface area contributed by atoms with Crippen LogP contribution in [0.2, 0.25) is 0 Å². The Morgan fingerprint density at radius 1 is 1.09 bits per heavy atom. The Bertz CT molecular complexity index is 1070. The van der Waals surface area contributed by atoms with E-state index in [-0.39, 0.29) is 17.6 Å². The lowest BCUT2D eigenvalue weighted by atomic mass is 10.1. The molecule has 0 aliphatic carbocycles. The molecule has 0 saturated heterocycles. The van der Waals surface area contributed by atoms with Crippen LogP contribution < -0.4 is 10.1 Å². The van der Waals surface area contributed by atoms with Gasteiger partial charge in [0, 0.05) is 11.6 Å². The first-order valence-corrected chi connectivity index (χ1v) is 11.0. The van der Waals surface area contributed by atoms with Crippen LogP contribution in [0.5, 0.6) is 11.6 Å². The molecule has 170 valence electrons. The van der Waals surface area contributed by atoms with Crippen LogP contribution in [0.25, 0.3) is 5.69 Å². The molecule has 0 aliphatic rings. The molecule has 1 aromatic heterocycles. The van der Waals surface area contributed by atoms with Gasteiger partial charge in [-0.2, -0.15) is 5.10 Å². The van der Waals surface area contributed by atoms with Crippen molar-refractivity contribution >= 4 is 6.03 Å². The summed E-state index contributed by atoms with van der Waals surface area (Å²) in [5.41, 5.74) is 3.40. The first kappa shape index (κ1) is 23.4. The number of nitrogens with one attached hydrogen (secondary N) is 1. The zero-order chi connectivity index (χ0) is 23.5. The summed E-state index contributed by atoms with van der Waals surface area (Å²) in [6.45, 7) is 14.3. The Labute approximate surface area is 191 Å². The molecule has 0 saturated carbocycles. The Balaban J connectivity index is 2.05. The predicted molar refractivity (Wildman–Crippen MR) is 129 cm³/mol. The third-order valence-corrected chi connectivity index (χ3v) is 5.04. The fourth-order valence-corrected chi connectivity index (χ4v) is 3.41. The number of carbonyl (C=O) groups excluding carboxylic acids is 1. The van der Waals surface area contributed by atoms with Gasteiger partial charge in [-0.1, -0.05) is 30.3 Å². The van der Waals surface area contributed by atoms with E-state index in [1.54, 1.807) is 0 Å². The van der Waals surface area contributed by atoms with E-state index in [2.05, 4.69) is 5.32 Å². The fourth-order valence-electron chi connectivity index (χ4n) is 3.41. The molecule has 32 heavy (non-hydrogen) atoms. The first-order valence-electron chi connectivity index (χ1n) is 11.0. The lowest BCUT2D eigenvalue weighted by molar-refractivity contribution is 0.170. The van der Waals surface area contributed by atoms with Crippen LogP contribution in [0.1, 0.15) is 51.4 Å². The van der Waals surface area contributed by atoms with Crippen molar-refractivity contribution in [1.29, 1.82) is 0 Å². The third-order valence-electron chi connectivity index (χ3n) is 5.04. The van der Waals surface area contributed by atoms with Crippen molar-refractivity contribution < 1.29 is 9.53 Å². The molecule has 0 spiro atoms. The molecule has 0 aliphatic heterocycles. The normalized spacial score (nSPS) is 11.5. The first-order chi connectivity index (χ1) is 15.0. The number of carbonyl (C=O) groups is 1. The molecule has 0 bridgehead atoms. The van der Waals surface area contributed by atoms with Crippen LogP contribution in [0.15, 0.2) is 54.6 Å². The minimum atomic E-state index is -0.325. The SMILES string of the molecule is Cc1cccc(Oc2c(CN(C(=O)NC(C)(C)C)C(C)C)c(C)nn2-c2ccccc2)c1. The van der Waals surface area contributed by atoms with Crippen LogP contribution in [-0.4, -0.2) is 32.3 Å². The van der Waals surface area contributed by atoms with Gasteiger partial charge in [-0.05, 0) is 78.3 Å². The number of aromatic nitrogens is 2. The summed E-state index contributed by atoms with van der Waals surface area (Å²) in [6.07, 6.45) is 0. The molecular formula is C26H34N4O2. The average molecular weight is 435 g/mol. The van der Waals surface area contributed by atoms with Gasteiger partial charge in [-0.15, -0.1) is 0 Å². The van der Waals surface area contributed by atoms with Gasteiger partial charge in [0.2, 0.25) is 5.88 Å². The standard InChI is InChI=1S/C26H34N4O2/c1-18(2)29(25(31)27-26(5,6)7)17-23-20(4)28-30(21-13-9-8-10-14-21)24(23)32-22-15-11-12-19(3)16-22/h8-16,18H,17H2,1-7H3,(H,27,31). The monoisotopic (exact) mass is 434 g/mol. The second-order valence-electron chi connectivity index (χ2n) is 9.44. The van der Waals surface area contributed by atoms with Crippen molar-refractivity contribution in [2.75, 3.05) is 0 Å². The summed E-state index contributed by atoms with van der Waals surface area (Å²) in [5.74, 6) is 1.35. The smallest absolute Gasteiger partial charge is 0.318 e. The zero-order valence-electron chi connectivity index (χ0n) is 20.1. The molecule has 6 nitrogen and oxygen atoms in total. The molecule has 2 amide bonds. The van der Waals surface area contributed by atoms with Gasteiger partial charge in [0.05, 0.1) is 23.5 Å². The number of hydrogen-bond donors (Lipinski definition) is 1. The van der Waals surface area contributed by atoms with E-state index in [9.17, 15) is 4.79 Å². The number of para-hydroxylation sites is 1. The Hall–Kier alpha value is -3.28. The highest BCUT2D eigenvalue weighted by Gasteiger charge is 2.27. The van der Waals surface area contributed by atoms with Crippen LogP contribution in [0.3, 0.4) is 0 Å². The maximum Gasteiger partial charge on any atom is 0.318 e. The number of rotatable bonds is 6. The van der Waals surface area contributed by atoms with Crippen molar-refractivity contribution in [1.82, 2.24) is 20.0 Å². The lowest BCUT2D eigenvalue weighted by Crippen LogP contribution is -2.50. The zero-order valence-corrected chi connectivity index (χ0v) is 20.1. The van der Waals surface area contributed by atoms with Gasteiger partial charge >= 0.3 is 6.03 Å². The van der Waals surface area contributed by atoms with Gasteiger partial charge in [0.25, 0.3) is 0 Å². The number of benzene rings is 2. The summed E-state index contributed by atoms with van der Waals surface area (Å²) in [5, 5.41) is 7.85. The minimum absolute atomic E-state index is 0.00338. The number of urea groups is 1. The topological polar surface area (TPSA) is 59.4 Å². The molecule has 0 unspecified atom stereocenters. The van der Waals surface area contributed by atoms with Crippen LogP contribution >= 0.6 is 0 Å². The van der Waals surface area contributed by atoms with Crippen molar-refractivity contribution in [3.8, 4) is 17.3 Å². The highest BCUT2D eigenvalue weighted by Crippen LogP contribution is 2.32. The Morgan fingerprint density at radius 2 is 1.78 bits per heavy atom. The van der Waals surface area contributed by atoms with Crippen molar-refractivity contribution in [2.24, 2.45) is 0 Å². The maximum absolute atomic E-state index is 13.1. The molecule has 0 atom stereocenters. The van der Waals surface area contributed by atoms with E-state index < -0.39 is 0 Å². The van der Waals surface area contributed by atoms with Crippen LogP contribution in [0, 0.1) is 13.8 Å². The maximum atomic E-state index is 13.1. The number of aryl methyl sites for hydroxylation is 2. The van der Waals surface area contributed by atoms with Crippen molar-refractivity contribution in [2.45, 2.75) is 66.6 Å². The number of nitrogens with zero attached hydrogens (tertiary/aromatic N) is 3. The van der Waals surface area contributed by atoms with E-state index in [1.807, 2.05) is 113 Å². The van der Waals surface area contributed by atoms with Crippen LogP contribution in [0.4, 0.5) is 4.79 Å². The summed E-state index contributed by atoms with van der Waals surface area (Å²) in [4.78, 5) is 14.9. The van der Waals surface area contributed by atoms with Gasteiger partial charge < -0.3 is 15.0 Å². The van der Waals surface area contributed by atoms with E-state index in [0.717, 1.165) is 28.3 Å². The number of hydrogen-bond acceptors (Lipinski definition) is 3. The Morgan fingerprint density at radius 3 is 2.38 bits per heavy atom. The van der Waals surface area contributed by atoms with Gasteiger partial charge in [-0.25, -0.2) is 9.48 Å². The second-order valence-corrected chi connectivity index (χ2v) is 9.44. The molecule has 0 radical (unpaired) electrons. The molecule has 2 aromatic carbocycles. The van der Waals surface area contributed by atoms with Crippen LogP contribution in [-0.2, 0) is 6.54 Å². The summed E-state index contributed by atoms with van der Waals surface area (Å²) in [6, 6.07) is 17.7. The molecule has 3 rings (SSSR count). The molecule has 3 aromatic rings. The average Bonchev–Trinajstić information content (AvgIpc) is 3.00. The van der Waals surface area contributed by atoms with E-state index in [1.165, 1.54) is 0 Å². The number of ether oxygens (including phenoxy) is 1. The summed E-state index contributed by atoms with van der Waals surface area (Å²) >= 11 is 0. The molecular weight excluding hydrogens is 400 g/mol. The highest BCUT2D eigenvalue weighted by atomic mass is 16.5. The second kappa shape index (κ2) is 9.47. The van der Waals surface area contributed by atoms with E-state index >= 15 is 0 Å². The van der Waals surface area contributed by atoms with Crippen molar-refractivity contribution in [3.63, 3.8) is 0 Å². The quantitative estimate of drug-likeness (QED) is 0.518. The molecule has 0 fully saturated rings. The summed E-state index contributed by atoms with van der Waals surface area (Å²) < 4.78 is 8.21. The van der Waals surface area contributed by atoms with Gasteiger partial charge in [-0.3, -0.25) is 0 Å². The highest BCUT2D eigenvalue weighted by molar-refractivity contribution is 5.75. The fraction of sp³-hybridized carbons (Fsp3) is 0.385. The van der Waals surface area contributed by atoms with Gasteiger partial charge in [0.1, 0.15) is 5.75 Å².